The lowest BCUT2D eigenvalue weighted by Gasteiger charge is -2.26. The van der Waals surface area contributed by atoms with Crippen LogP contribution in [0.2, 0.25) is 0 Å². The molecule has 1 aliphatic heterocycles. The number of hydrogen-bond acceptors (Lipinski definition) is 8. The van der Waals surface area contributed by atoms with Crippen molar-refractivity contribution in [2.75, 3.05) is 24.6 Å². The van der Waals surface area contributed by atoms with Gasteiger partial charge in [0.05, 0.1) is 34.0 Å². The summed E-state index contributed by atoms with van der Waals surface area (Å²) >= 11 is 1.46. The highest BCUT2D eigenvalue weighted by atomic mass is 32.1. The predicted molar refractivity (Wildman–Crippen MR) is 212 cm³/mol. The standard InChI is InChI=1S/C43H48N6O2S/c1-5-9-15-31(8-4)30-51-38-26-35(49(24-10-6-2)25-11-7-3)20-18-32(38)19-23-40-47-42(33-16-13-12-14-17-33)39(52-40)22-21-36-37(29-46)41(48-43(36)50)34(27-44)28-45/h12-14,16-23,26,31H,5-11,15,24-25,30H2,1-4H3,(H,48,50)/b22-21+,23-19+. The third-order valence-electron chi connectivity index (χ3n) is 9.06. The van der Waals surface area contributed by atoms with Gasteiger partial charge in [0.2, 0.25) is 0 Å². The molecule has 4 rings (SSSR count). The molecule has 2 heterocycles. The van der Waals surface area contributed by atoms with Crippen molar-refractivity contribution in [1.29, 1.82) is 15.8 Å². The minimum Gasteiger partial charge on any atom is -0.493 e. The van der Waals surface area contributed by atoms with Gasteiger partial charge in [0.15, 0.2) is 5.57 Å². The summed E-state index contributed by atoms with van der Waals surface area (Å²) < 4.78 is 6.62. The first-order valence-electron chi connectivity index (χ1n) is 18.4. The summed E-state index contributed by atoms with van der Waals surface area (Å²) in [5.41, 5.74) is 3.47. The SMILES string of the molecule is CCCCC(CC)COc1cc(N(CCCC)CCCC)ccc1/C=C/c1nc(-c2ccccc2)c(/C=C/C2=C(C#N)C(=C(C#N)C#N)NC2=O)s1. The van der Waals surface area contributed by atoms with Crippen molar-refractivity contribution >= 4 is 41.2 Å². The van der Waals surface area contributed by atoms with E-state index in [9.17, 15) is 20.6 Å². The lowest BCUT2D eigenvalue weighted by molar-refractivity contribution is -0.115. The molecule has 1 N–H and O–H groups in total. The number of hydrogen-bond donors (Lipinski definition) is 1. The molecule has 0 radical (unpaired) electrons. The van der Waals surface area contributed by atoms with Gasteiger partial charge in [-0.1, -0.05) is 90.1 Å². The summed E-state index contributed by atoms with van der Waals surface area (Å²) in [7, 11) is 0. The van der Waals surface area contributed by atoms with Crippen LogP contribution in [0.3, 0.4) is 0 Å². The Balaban J connectivity index is 1.73. The number of carbonyl (C=O) groups is 1. The van der Waals surface area contributed by atoms with Crippen molar-refractivity contribution in [2.24, 2.45) is 5.92 Å². The van der Waals surface area contributed by atoms with Crippen molar-refractivity contribution in [2.45, 2.75) is 79.1 Å². The molecule has 1 aromatic heterocycles. The third kappa shape index (κ3) is 10.3. The fourth-order valence-electron chi connectivity index (χ4n) is 5.90. The third-order valence-corrected chi connectivity index (χ3v) is 10.0. The van der Waals surface area contributed by atoms with Crippen LogP contribution in [0.25, 0.3) is 29.5 Å². The number of unbranched alkanes of at least 4 members (excludes halogenated alkanes) is 3. The summed E-state index contributed by atoms with van der Waals surface area (Å²) in [6, 6.07) is 21.8. The summed E-state index contributed by atoms with van der Waals surface area (Å²) in [4.78, 5) is 21.1. The number of rotatable bonds is 19. The Hall–Kier alpha value is -5.43. The number of aromatic nitrogens is 1. The highest BCUT2D eigenvalue weighted by Gasteiger charge is 2.28. The van der Waals surface area contributed by atoms with Crippen LogP contribution in [-0.4, -0.2) is 30.6 Å². The van der Waals surface area contributed by atoms with Crippen LogP contribution in [0.1, 0.15) is 94.5 Å². The van der Waals surface area contributed by atoms with Gasteiger partial charge in [0.1, 0.15) is 29.0 Å². The van der Waals surface area contributed by atoms with Gasteiger partial charge < -0.3 is 15.0 Å². The molecule has 0 spiro atoms. The van der Waals surface area contributed by atoms with E-state index in [1.807, 2.05) is 42.5 Å². The highest BCUT2D eigenvalue weighted by molar-refractivity contribution is 7.13. The smallest absolute Gasteiger partial charge is 0.257 e. The fourth-order valence-corrected chi connectivity index (χ4v) is 6.80. The van der Waals surface area contributed by atoms with Crippen LogP contribution in [0.5, 0.6) is 5.75 Å². The van der Waals surface area contributed by atoms with E-state index >= 15 is 0 Å². The molecular formula is C43H48N6O2S. The van der Waals surface area contributed by atoms with Gasteiger partial charge in [-0.05, 0) is 61.6 Å². The summed E-state index contributed by atoms with van der Waals surface area (Å²) in [5, 5.41) is 31.8. The Morgan fingerprint density at radius 3 is 2.27 bits per heavy atom. The average Bonchev–Trinajstić information content (AvgIpc) is 3.73. The van der Waals surface area contributed by atoms with E-state index in [2.05, 4.69) is 62.2 Å². The minimum absolute atomic E-state index is 0.0378. The largest absolute Gasteiger partial charge is 0.493 e. The number of thiazole rings is 1. The second-order valence-electron chi connectivity index (χ2n) is 12.8. The highest BCUT2D eigenvalue weighted by Crippen LogP contribution is 2.34. The van der Waals surface area contributed by atoms with E-state index in [1.54, 1.807) is 24.3 Å². The van der Waals surface area contributed by atoms with Crippen molar-refractivity contribution in [3.8, 4) is 35.2 Å². The molecule has 2 aromatic carbocycles. The number of ether oxygens (including phenoxy) is 1. The van der Waals surface area contributed by atoms with Crippen LogP contribution in [0, 0.1) is 39.9 Å². The zero-order chi connectivity index (χ0) is 37.3. The lowest BCUT2D eigenvalue weighted by Crippen LogP contribution is -2.25. The second-order valence-corrected chi connectivity index (χ2v) is 13.8. The first-order chi connectivity index (χ1) is 25.4. The average molecular weight is 713 g/mol. The minimum atomic E-state index is -0.546. The molecule has 3 aromatic rings. The number of allylic oxidation sites excluding steroid dienone is 2. The number of anilines is 1. The molecule has 8 nitrogen and oxygen atoms in total. The van der Waals surface area contributed by atoms with Crippen LogP contribution in [0.15, 0.2) is 77.0 Å². The normalized spacial score (nSPS) is 13.2. The molecule has 0 fully saturated rings. The summed E-state index contributed by atoms with van der Waals surface area (Å²) in [6.45, 7) is 11.6. The van der Waals surface area contributed by atoms with E-state index in [4.69, 9.17) is 9.72 Å². The Morgan fingerprint density at radius 2 is 1.63 bits per heavy atom. The van der Waals surface area contributed by atoms with E-state index in [1.165, 1.54) is 29.9 Å². The molecule has 1 unspecified atom stereocenters. The van der Waals surface area contributed by atoms with Crippen LogP contribution < -0.4 is 15.0 Å². The molecule has 0 saturated heterocycles. The monoisotopic (exact) mass is 712 g/mol. The van der Waals surface area contributed by atoms with Crippen LogP contribution in [0.4, 0.5) is 5.69 Å². The van der Waals surface area contributed by atoms with Crippen molar-refractivity contribution < 1.29 is 9.53 Å². The quantitative estimate of drug-likeness (QED) is 0.123. The topological polar surface area (TPSA) is 126 Å². The number of nitriles is 3. The molecule has 9 heteroatoms. The number of carbonyl (C=O) groups excluding carboxylic acids is 1. The first kappa shape index (κ1) is 39.4. The van der Waals surface area contributed by atoms with E-state index in [-0.39, 0.29) is 22.4 Å². The van der Waals surface area contributed by atoms with Gasteiger partial charge in [-0.25, -0.2) is 4.98 Å². The zero-order valence-corrected chi connectivity index (χ0v) is 31.6. The van der Waals surface area contributed by atoms with E-state index in [0.717, 1.165) is 84.1 Å². The molecule has 0 saturated carbocycles. The Morgan fingerprint density at radius 1 is 0.923 bits per heavy atom. The van der Waals surface area contributed by atoms with E-state index in [0.29, 0.717) is 12.5 Å². The van der Waals surface area contributed by atoms with Crippen molar-refractivity contribution in [1.82, 2.24) is 10.3 Å². The van der Waals surface area contributed by atoms with Gasteiger partial charge in [-0.2, -0.15) is 15.8 Å². The number of nitrogens with one attached hydrogen (secondary N) is 1. The first-order valence-corrected chi connectivity index (χ1v) is 19.2. The molecule has 1 amide bonds. The Kier molecular flexibility index (Phi) is 15.5. The molecular weight excluding hydrogens is 665 g/mol. The fraction of sp³-hybridized carbons (Fsp3) is 0.372. The number of benzene rings is 2. The second kappa shape index (κ2) is 20.4. The molecule has 0 bridgehead atoms. The number of amides is 1. The van der Waals surface area contributed by atoms with E-state index < -0.39 is 5.91 Å². The van der Waals surface area contributed by atoms with Gasteiger partial charge in [0.25, 0.3) is 5.91 Å². The summed E-state index contributed by atoms with van der Waals surface area (Å²) in [6.07, 6.45) is 16.5. The molecule has 1 aliphatic rings. The van der Waals surface area contributed by atoms with Gasteiger partial charge >= 0.3 is 0 Å². The molecule has 1 atom stereocenters. The van der Waals surface area contributed by atoms with Crippen molar-refractivity contribution in [3.05, 3.63) is 92.5 Å². The maximum absolute atomic E-state index is 12.8. The Bertz CT molecular complexity index is 1910. The lowest BCUT2D eigenvalue weighted by atomic mass is 10.0. The maximum Gasteiger partial charge on any atom is 0.257 e. The number of nitrogens with zero attached hydrogens (tertiary/aromatic N) is 5. The predicted octanol–water partition coefficient (Wildman–Crippen LogP) is 10.2. The van der Waals surface area contributed by atoms with Gasteiger partial charge in [-0.15, -0.1) is 11.3 Å². The van der Waals surface area contributed by atoms with Gasteiger partial charge in [-0.3, -0.25) is 4.79 Å². The maximum atomic E-state index is 12.8. The zero-order valence-electron chi connectivity index (χ0n) is 30.7. The van der Waals surface area contributed by atoms with Crippen LogP contribution in [-0.2, 0) is 4.79 Å². The van der Waals surface area contributed by atoms with Crippen molar-refractivity contribution in [3.63, 3.8) is 0 Å². The molecule has 52 heavy (non-hydrogen) atoms. The van der Waals surface area contributed by atoms with Gasteiger partial charge in [0, 0.05) is 36.0 Å². The van der Waals surface area contributed by atoms with Crippen LogP contribution >= 0.6 is 11.3 Å². The Labute approximate surface area is 313 Å². The molecule has 268 valence electrons. The molecule has 0 aliphatic carbocycles. The summed E-state index contributed by atoms with van der Waals surface area (Å²) in [5.74, 6) is 0.813.